The minimum absolute atomic E-state index is 0.0392. The number of aliphatic hydroxyl groups is 1. The Morgan fingerprint density at radius 3 is 2.52 bits per heavy atom. The van der Waals surface area contributed by atoms with Gasteiger partial charge in [0.25, 0.3) is 0 Å². The maximum Gasteiger partial charge on any atom is 0.456 e. The second kappa shape index (κ2) is 5.80. The van der Waals surface area contributed by atoms with E-state index in [-0.39, 0.29) is 18.8 Å². The number of allylic oxidation sites excluding steroid dienone is 4. The minimum atomic E-state index is -5.78. The zero-order chi connectivity index (χ0) is 19.8. The molecule has 0 aromatic carbocycles. The molecule has 0 heterocycles. The molecule has 150 valence electrons. The highest BCUT2D eigenvalue weighted by Crippen LogP contribution is 2.69. The van der Waals surface area contributed by atoms with Gasteiger partial charge in [-0.25, -0.2) is 0 Å². The van der Waals surface area contributed by atoms with Crippen LogP contribution >= 0.6 is 0 Å². The number of alkyl halides is 5. The zero-order valence-electron chi connectivity index (χ0n) is 15.4. The van der Waals surface area contributed by atoms with Crippen molar-refractivity contribution in [3.8, 4) is 0 Å². The molecule has 1 nitrogen and oxygen atoms in total. The van der Waals surface area contributed by atoms with Crippen LogP contribution in [0.5, 0.6) is 0 Å². The van der Waals surface area contributed by atoms with Gasteiger partial charge in [0.05, 0.1) is 0 Å². The van der Waals surface area contributed by atoms with Crippen LogP contribution in [0.3, 0.4) is 0 Å². The van der Waals surface area contributed by atoms with Crippen molar-refractivity contribution in [3.05, 3.63) is 29.7 Å². The Kier molecular flexibility index (Phi) is 4.17. The molecule has 2 fully saturated rings. The van der Waals surface area contributed by atoms with E-state index >= 15 is 0 Å². The van der Waals surface area contributed by atoms with Crippen molar-refractivity contribution in [2.75, 3.05) is 0 Å². The van der Waals surface area contributed by atoms with Gasteiger partial charge in [0, 0.05) is 5.41 Å². The maximum atomic E-state index is 14.4. The van der Waals surface area contributed by atoms with Crippen molar-refractivity contribution >= 4 is 0 Å². The van der Waals surface area contributed by atoms with Gasteiger partial charge in [0.1, 0.15) is 5.60 Å². The SMILES string of the molecule is [CH]C1C[C@@]2(C)C(CCC2(O)C(F)(F)C(F)(F)F)C2CCC3=CCCCC3=C12. The molecule has 4 aliphatic carbocycles. The summed E-state index contributed by atoms with van der Waals surface area (Å²) in [6.45, 7) is 7.79. The normalized spacial score (nSPS) is 42.4. The molecule has 2 saturated carbocycles. The van der Waals surface area contributed by atoms with Gasteiger partial charge in [0.2, 0.25) is 0 Å². The van der Waals surface area contributed by atoms with Gasteiger partial charge in [-0.05, 0) is 87.2 Å². The Bertz CT molecular complexity index is 706. The molecule has 4 aliphatic rings. The molecule has 1 N–H and O–H groups in total. The van der Waals surface area contributed by atoms with Crippen LogP contribution in [0.2, 0.25) is 0 Å². The van der Waals surface area contributed by atoms with Crippen LogP contribution < -0.4 is 0 Å². The summed E-state index contributed by atoms with van der Waals surface area (Å²) in [5.41, 5.74) is -1.12. The second-order valence-electron chi connectivity index (χ2n) is 9.01. The van der Waals surface area contributed by atoms with Crippen molar-refractivity contribution in [3.63, 3.8) is 0 Å². The lowest BCUT2D eigenvalue weighted by atomic mass is 9.51. The number of fused-ring (bicyclic) bond motifs is 4. The Hall–Kier alpha value is -0.910. The molecule has 0 aromatic heterocycles. The summed E-state index contributed by atoms with van der Waals surface area (Å²) in [4.78, 5) is 0. The summed E-state index contributed by atoms with van der Waals surface area (Å²) >= 11 is 0. The van der Waals surface area contributed by atoms with E-state index in [0.29, 0.717) is 6.42 Å². The highest BCUT2D eigenvalue weighted by atomic mass is 19.4. The predicted molar refractivity (Wildman–Crippen MR) is 90.9 cm³/mol. The van der Waals surface area contributed by atoms with Crippen LogP contribution in [0.4, 0.5) is 22.0 Å². The van der Waals surface area contributed by atoms with Crippen molar-refractivity contribution < 1.29 is 27.1 Å². The Labute approximate surface area is 156 Å². The van der Waals surface area contributed by atoms with Gasteiger partial charge < -0.3 is 5.11 Å². The molecule has 4 unspecified atom stereocenters. The summed E-state index contributed by atoms with van der Waals surface area (Å²) in [6, 6.07) is 0. The van der Waals surface area contributed by atoms with E-state index in [9.17, 15) is 27.1 Å². The average molecular weight is 388 g/mol. The number of hydrogen-bond donors (Lipinski definition) is 1. The molecule has 2 radical (unpaired) electrons. The van der Waals surface area contributed by atoms with Gasteiger partial charge in [-0.15, -0.1) is 0 Å². The third-order valence-corrected chi connectivity index (χ3v) is 7.87. The molecule has 0 aromatic rings. The van der Waals surface area contributed by atoms with Crippen molar-refractivity contribution in [1.29, 1.82) is 0 Å². The maximum absolute atomic E-state index is 14.4. The van der Waals surface area contributed by atoms with Gasteiger partial charge in [-0.2, -0.15) is 22.0 Å². The molecule has 5 atom stereocenters. The number of halogens is 5. The number of rotatable bonds is 1. The van der Waals surface area contributed by atoms with Crippen LogP contribution in [0.15, 0.2) is 22.8 Å². The monoisotopic (exact) mass is 388 g/mol. The number of hydrogen-bond acceptors (Lipinski definition) is 1. The average Bonchev–Trinajstić information content (AvgIpc) is 2.86. The Morgan fingerprint density at radius 1 is 1.15 bits per heavy atom. The van der Waals surface area contributed by atoms with Crippen LogP contribution in [0, 0.1) is 30.1 Å². The fourth-order valence-electron chi connectivity index (χ4n) is 6.59. The molecule has 0 amide bonds. The van der Waals surface area contributed by atoms with Crippen LogP contribution in [0.25, 0.3) is 0 Å². The minimum Gasteiger partial charge on any atom is -0.383 e. The van der Waals surface area contributed by atoms with Crippen LogP contribution in [0.1, 0.15) is 58.3 Å². The van der Waals surface area contributed by atoms with E-state index in [1.807, 2.05) is 0 Å². The van der Waals surface area contributed by atoms with Crippen molar-refractivity contribution in [1.82, 2.24) is 0 Å². The fourth-order valence-corrected chi connectivity index (χ4v) is 6.59. The van der Waals surface area contributed by atoms with E-state index in [2.05, 4.69) is 6.08 Å². The molecule has 27 heavy (non-hydrogen) atoms. The summed E-state index contributed by atoms with van der Waals surface area (Å²) < 4.78 is 68.3. The van der Waals surface area contributed by atoms with E-state index in [4.69, 9.17) is 6.92 Å². The van der Waals surface area contributed by atoms with E-state index in [1.54, 1.807) is 0 Å². The highest BCUT2D eigenvalue weighted by Gasteiger charge is 2.78. The second-order valence-corrected chi connectivity index (χ2v) is 9.01. The van der Waals surface area contributed by atoms with Crippen molar-refractivity contribution in [2.45, 2.75) is 76.0 Å². The smallest absolute Gasteiger partial charge is 0.383 e. The fraction of sp³-hybridized carbons (Fsp3) is 0.762. The first kappa shape index (κ1) is 19.4. The van der Waals surface area contributed by atoms with Gasteiger partial charge in [0.15, 0.2) is 0 Å². The molecular weight excluding hydrogens is 363 g/mol. The lowest BCUT2D eigenvalue weighted by Crippen LogP contribution is -2.65. The Balaban J connectivity index is 1.79. The first-order valence-electron chi connectivity index (χ1n) is 9.79. The molecule has 4 rings (SSSR count). The lowest BCUT2D eigenvalue weighted by molar-refractivity contribution is -0.362. The van der Waals surface area contributed by atoms with Gasteiger partial charge >= 0.3 is 12.1 Å². The first-order chi connectivity index (χ1) is 12.4. The first-order valence-corrected chi connectivity index (χ1v) is 9.79. The largest absolute Gasteiger partial charge is 0.456 e. The molecular formula is C21H25F5O. The quantitative estimate of drug-likeness (QED) is 0.556. The highest BCUT2D eigenvalue weighted by molar-refractivity contribution is 5.44. The Morgan fingerprint density at radius 2 is 1.85 bits per heavy atom. The molecule has 0 saturated heterocycles. The molecule has 6 heteroatoms. The summed E-state index contributed by atoms with van der Waals surface area (Å²) in [7, 11) is 0. The summed E-state index contributed by atoms with van der Waals surface area (Å²) in [6.07, 6.45) is 0.481. The predicted octanol–water partition coefficient (Wildman–Crippen LogP) is 5.88. The van der Waals surface area contributed by atoms with E-state index in [0.717, 1.165) is 31.3 Å². The van der Waals surface area contributed by atoms with Gasteiger partial charge in [-0.1, -0.05) is 18.6 Å². The molecule has 0 aliphatic heterocycles. The van der Waals surface area contributed by atoms with Gasteiger partial charge in [-0.3, -0.25) is 0 Å². The topological polar surface area (TPSA) is 20.2 Å². The van der Waals surface area contributed by atoms with Crippen LogP contribution in [-0.4, -0.2) is 22.8 Å². The summed E-state index contributed by atoms with van der Waals surface area (Å²) in [5, 5.41) is 10.8. The standard InChI is InChI=1S/C21H25F5O/c1-12-11-18(2)16(9-10-19(18,27)20(22,23)21(24,25)26)15-8-7-13-5-3-4-6-14(13)17(12)15/h1,5,12,15-16,27H,3-4,6-11H2,2H3/t12?,15?,16?,18-,19?/m0/s1. The van der Waals surface area contributed by atoms with E-state index < -0.39 is 41.4 Å². The molecule has 0 bridgehead atoms. The van der Waals surface area contributed by atoms with Crippen molar-refractivity contribution in [2.24, 2.45) is 23.2 Å². The zero-order valence-corrected chi connectivity index (χ0v) is 15.4. The third-order valence-electron chi connectivity index (χ3n) is 7.87. The van der Waals surface area contributed by atoms with E-state index in [1.165, 1.54) is 18.1 Å². The third kappa shape index (κ3) is 2.37. The molecule has 0 spiro atoms. The summed E-state index contributed by atoms with van der Waals surface area (Å²) in [5.74, 6) is -6.25. The lowest BCUT2D eigenvalue weighted by Gasteiger charge is -2.55. The van der Waals surface area contributed by atoms with Crippen LogP contribution in [-0.2, 0) is 0 Å².